The monoisotopic (exact) mass is 414 g/mol. The number of hydrogen-bond donors (Lipinski definition) is 0. The fourth-order valence-corrected chi connectivity index (χ4v) is 5.22. The van der Waals surface area contributed by atoms with E-state index in [4.69, 9.17) is 9.47 Å². The van der Waals surface area contributed by atoms with Crippen LogP contribution in [0.1, 0.15) is 22.0 Å². The third kappa shape index (κ3) is 3.77. The van der Waals surface area contributed by atoms with E-state index in [2.05, 4.69) is 60.9 Å². The van der Waals surface area contributed by atoms with E-state index in [-0.39, 0.29) is 12.2 Å². The van der Waals surface area contributed by atoms with Crippen molar-refractivity contribution in [2.45, 2.75) is 12.2 Å². The predicted molar refractivity (Wildman–Crippen MR) is 112 cm³/mol. The normalized spacial score (nSPS) is 23.1. The first-order valence-corrected chi connectivity index (χ1v) is 11.2. The highest BCUT2D eigenvalue weighted by molar-refractivity contribution is 7.10. The third-order valence-electron chi connectivity index (χ3n) is 5.14. The van der Waals surface area contributed by atoms with E-state index in [0.717, 1.165) is 37.8 Å². The van der Waals surface area contributed by atoms with E-state index in [9.17, 15) is 0 Å². The molecule has 5 heterocycles. The smallest absolute Gasteiger partial charge is 0.134 e. The van der Waals surface area contributed by atoms with Crippen LogP contribution < -0.4 is 9.80 Å². The summed E-state index contributed by atoms with van der Waals surface area (Å²) in [5.41, 5.74) is 0. The lowest BCUT2D eigenvalue weighted by Gasteiger charge is -2.35. The van der Waals surface area contributed by atoms with Gasteiger partial charge < -0.3 is 19.3 Å². The molecule has 0 spiro atoms. The second-order valence-corrected chi connectivity index (χ2v) is 8.83. The molecule has 0 radical (unpaired) electrons. The number of anilines is 2. The maximum absolute atomic E-state index is 5.98. The van der Waals surface area contributed by atoms with Crippen molar-refractivity contribution in [3.8, 4) is 0 Å². The Labute approximate surface area is 172 Å². The summed E-state index contributed by atoms with van der Waals surface area (Å²) in [4.78, 5) is 16.2. The summed E-state index contributed by atoms with van der Waals surface area (Å²) >= 11 is 3.49. The minimum atomic E-state index is 0.110. The van der Waals surface area contributed by atoms with Crippen LogP contribution in [0.3, 0.4) is 0 Å². The Bertz CT molecular complexity index is 818. The first-order chi connectivity index (χ1) is 13.9. The second kappa shape index (κ2) is 8.16. The SMILES string of the molecule is c1csc(C2CN(c3cc(N4CCOC(c5cccs5)C4)ncn3)CCO2)c1. The topological polar surface area (TPSA) is 50.7 Å². The van der Waals surface area contributed by atoms with E-state index >= 15 is 0 Å². The maximum atomic E-state index is 5.98. The molecule has 8 heteroatoms. The van der Waals surface area contributed by atoms with Crippen LogP contribution in [0.4, 0.5) is 11.6 Å². The predicted octanol–water partition coefficient (Wildman–Crippen LogP) is 3.76. The first-order valence-electron chi connectivity index (χ1n) is 9.49. The number of nitrogens with zero attached hydrogens (tertiary/aromatic N) is 4. The van der Waals surface area contributed by atoms with Crippen LogP contribution in [0.25, 0.3) is 0 Å². The van der Waals surface area contributed by atoms with Gasteiger partial charge in [-0.15, -0.1) is 22.7 Å². The highest BCUT2D eigenvalue weighted by Crippen LogP contribution is 2.31. The zero-order valence-corrected chi connectivity index (χ0v) is 17.1. The van der Waals surface area contributed by atoms with Gasteiger partial charge in [-0.05, 0) is 22.9 Å². The van der Waals surface area contributed by atoms with Crippen LogP contribution in [0.15, 0.2) is 47.4 Å². The van der Waals surface area contributed by atoms with Gasteiger partial charge in [0, 0.05) is 28.9 Å². The summed E-state index contributed by atoms with van der Waals surface area (Å²) < 4.78 is 12.0. The molecule has 2 atom stereocenters. The van der Waals surface area contributed by atoms with Crippen LogP contribution in [-0.2, 0) is 9.47 Å². The quantitative estimate of drug-likeness (QED) is 0.648. The van der Waals surface area contributed by atoms with Crippen molar-refractivity contribution < 1.29 is 9.47 Å². The number of hydrogen-bond acceptors (Lipinski definition) is 8. The molecule has 6 nitrogen and oxygen atoms in total. The van der Waals surface area contributed by atoms with E-state index in [1.54, 1.807) is 29.0 Å². The molecule has 0 aromatic carbocycles. The van der Waals surface area contributed by atoms with Crippen molar-refractivity contribution in [1.82, 2.24) is 9.97 Å². The average Bonchev–Trinajstić information content (AvgIpc) is 3.48. The number of morpholine rings is 2. The van der Waals surface area contributed by atoms with E-state index in [0.29, 0.717) is 13.2 Å². The fraction of sp³-hybridized carbons (Fsp3) is 0.400. The Kier molecular flexibility index (Phi) is 5.26. The van der Waals surface area contributed by atoms with E-state index in [1.165, 1.54) is 9.75 Å². The van der Waals surface area contributed by atoms with Crippen LogP contribution in [-0.4, -0.2) is 49.4 Å². The molecule has 0 bridgehead atoms. The van der Waals surface area contributed by atoms with Gasteiger partial charge in [0.1, 0.15) is 30.2 Å². The Morgan fingerprint density at radius 3 is 1.82 bits per heavy atom. The average molecular weight is 415 g/mol. The number of aromatic nitrogens is 2. The lowest BCUT2D eigenvalue weighted by molar-refractivity contribution is 0.0414. The van der Waals surface area contributed by atoms with Crippen LogP contribution in [0.2, 0.25) is 0 Å². The summed E-state index contributed by atoms with van der Waals surface area (Å²) in [7, 11) is 0. The molecule has 0 aliphatic carbocycles. The number of thiophene rings is 2. The van der Waals surface area contributed by atoms with E-state index < -0.39 is 0 Å². The molecule has 5 rings (SSSR count). The molecule has 2 unspecified atom stereocenters. The zero-order valence-electron chi connectivity index (χ0n) is 15.4. The first kappa shape index (κ1) is 18.1. The molecule has 2 fully saturated rings. The van der Waals surface area contributed by atoms with Gasteiger partial charge in [-0.2, -0.15) is 0 Å². The van der Waals surface area contributed by atoms with Crippen LogP contribution in [0, 0.1) is 0 Å². The summed E-state index contributed by atoms with van der Waals surface area (Å²) in [5.74, 6) is 1.93. The van der Waals surface area contributed by atoms with Crippen molar-refractivity contribution >= 4 is 34.3 Å². The van der Waals surface area contributed by atoms with Crippen molar-refractivity contribution in [3.05, 3.63) is 57.2 Å². The zero-order chi connectivity index (χ0) is 18.8. The second-order valence-electron chi connectivity index (χ2n) is 6.88. The van der Waals surface area contributed by atoms with Crippen LogP contribution >= 0.6 is 22.7 Å². The summed E-state index contributed by atoms with van der Waals surface area (Å²) in [5, 5.41) is 4.20. The summed E-state index contributed by atoms with van der Waals surface area (Å²) in [6, 6.07) is 10.5. The maximum Gasteiger partial charge on any atom is 0.134 e. The molecular formula is C20H22N4O2S2. The highest BCUT2D eigenvalue weighted by atomic mass is 32.1. The van der Waals surface area contributed by atoms with Gasteiger partial charge in [0.05, 0.1) is 26.3 Å². The molecule has 146 valence electrons. The summed E-state index contributed by atoms with van der Waals surface area (Å²) in [6.07, 6.45) is 1.90. The van der Waals surface area contributed by atoms with Crippen LogP contribution in [0.5, 0.6) is 0 Å². The minimum Gasteiger partial charge on any atom is -0.369 e. The molecule has 28 heavy (non-hydrogen) atoms. The Morgan fingerprint density at radius 1 is 0.821 bits per heavy atom. The van der Waals surface area contributed by atoms with Gasteiger partial charge in [-0.1, -0.05) is 12.1 Å². The number of rotatable bonds is 4. The molecule has 0 N–H and O–H groups in total. The third-order valence-corrected chi connectivity index (χ3v) is 7.07. The molecule has 3 aromatic rings. The van der Waals surface area contributed by atoms with Crippen molar-refractivity contribution in [2.75, 3.05) is 49.2 Å². The standard InChI is InChI=1S/C20H22N4O2S2/c1-3-17(27-9-1)15-12-23(5-7-25-15)19-11-20(22-14-21-19)24-6-8-26-16(13-24)18-4-2-10-28-18/h1-4,9-11,14-16H,5-8,12-13H2. The van der Waals surface area contributed by atoms with Gasteiger partial charge in [-0.3, -0.25) is 0 Å². The number of ether oxygens (including phenoxy) is 2. The van der Waals surface area contributed by atoms with E-state index in [1.807, 2.05) is 0 Å². The van der Waals surface area contributed by atoms with Gasteiger partial charge in [0.2, 0.25) is 0 Å². The minimum absolute atomic E-state index is 0.110. The Balaban J connectivity index is 1.32. The van der Waals surface area contributed by atoms with Crippen molar-refractivity contribution in [3.63, 3.8) is 0 Å². The Hall–Kier alpha value is -2.00. The molecular weight excluding hydrogens is 392 g/mol. The molecule has 0 amide bonds. The van der Waals surface area contributed by atoms with Crippen molar-refractivity contribution in [1.29, 1.82) is 0 Å². The Morgan fingerprint density at radius 2 is 1.36 bits per heavy atom. The summed E-state index contributed by atoms with van der Waals surface area (Å²) in [6.45, 7) is 4.74. The van der Waals surface area contributed by atoms with Gasteiger partial charge >= 0.3 is 0 Å². The highest BCUT2D eigenvalue weighted by Gasteiger charge is 2.26. The van der Waals surface area contributed by atoms with Gasteiger partial charge in [0.25, 0.3) is 0 Å². The van der Waals surface area contributed by atoms with Crippen molar-refractivity contribution in [2.24, 2.45) is 0 Å². The molecule has 2 saturated heterocycles. The molecule has 0 saturated carbocycles. The lowest BCUT2D eigenvalue weighted by Crippen LogP contribution is -2.40. The largest absolute Gasteiger partial charge is 0.369 e. The molecule has 2 aliphatic heterocycles. The molecule has 3 aromatic heterocycles. The van der Waals surface area contributed by atoms with Gasteiger partial charge in [0.15, 0.2) is 0 Å². The fourth-order valence-electron chi connectivity index (χ4n) is 3.69. The lowest BCUT2D eigenvalue weighted by atomic mass is 10.2. The molecule has 2 aliphatic rings. The van der Waals surface area contributed by atoms with Gasteiger partial charge in [-0.25, -0.2) is 9.97 Å².